The highest BCUT2D eigenvalue weighted by Crippen LogP contribution is 2.20. The smallest absolute Gasteiger partial charge is 0.250 e. The Hall–Kier alpha value is -2.03. The molecule has 0 aliphatic heterocycles. The van der Waals surface area contributed by atoms with Gasteiger partial charge in [0, 0.05) is 11.3 Å². The fourth-order valence-corrected chi connectivity index (χ4v) is 4.30. The van der Waals surface area contributed by atoms with Gasteiger partial charge in [-0.1, -0.05) is 35.5 Å². The van der Waals surface area contributed by atoms with Crippen LogP contribution in [0.1, 0.15) is 22.2 Å². The van der Waals surface area contributed by atoms with E-state index in [1.165, 1.54) is 11.3 Å². The molecule has 0 spiro atoms. The van der Waals surface area contributed by atoms with E-state index in [9.17, 15) is 8.42 Å². The summed E-state index contributed by atoms with van der Waals surface area (Å²) in [5.74, 6) is 0.769. The number of hydrogen-bond acceptors (Lipinski definition) is 6. The zero-order chi connectivity index (χ0) is 16.3. The molecule has 0 fully saturated rings. The first-order chi connectivity index (χ1) is 11.0. The van der Waals surface area contributed by atoms with Gasteiger partial charge >= 0.3 is 0 Å². The molecule has 0 saturated carbocycles. The zero-order valence-electron chi connectivity index (χ0n) is 12.4. The molecular formula is C15H15N3O3S2. The fourth-order valence-electron chi connectivity index (χ4n) is 2.00. The minimum absolute atomic E-state index is 0.0267. The van der Waals surface area contributed by atoms with E-state index in [1.54, 1.807) is 12.1 Å². The topological polar surface area (TPSA) is 85.1 Å². The van der Waals surface area contributed by atoms with Gasteiger partial charge in [-0.15, -0.1) is 11.3 Å². The summed E-state index contributed by atoms with van der Waals surface area (Å²) in [5.41, 5.74) is 1.06. The molecule has 3 rings (SSSR count). The van der Waals surface area contributed by atoms with Gasteiger partial charge in [0.2, 0.25) is 5.89 Å². The molecule has 2 aromatic heterocycles. The summed E-state index contributed by atoms with van der Waals surface area (Å²) in [7, 11) is -3.55. The van der Waals surface area contributed by atoms with Crippen LogP contribution in [0.4, 0.5) is 0 Å². The van der Waals surface area contributed by atoms with Crippen LogP contribution in [0.15, 0.2) is 51.2 Å². The van der Waals surface area contributed by atoms with Gasteiger partial charge in [0.25, 0.3) is 10.0 Å². The maximum Gasteiger partial charge on any atom is 0.250 e. The normalized spacial score (nSPS) is 11.7. The van der Waals surface area contributed by atoms with E-state index in [0.29, 0.717) is 12.2 Å². The monoisotopic (exact) mass is 349 g/mol. The Morgan fingerprint density at radius 1 is 1.17 bits per heavy atom. The third-order valence-corrected chi connectivity index (χ3v) is 6.00. The zero-order valence-corrected chi connectivity index (χ0v) is 14.0. The van der Waals surface area contributed by atoms with Crippen molar-refractivity contribution in [3.63, 3.8) is 0 Å². The SMILES string of the molecule is Cc1ccc(S(=O)(=O)NCc2nc(Cc3ccccc3)no2)s1. The van der Waals surface area contributed by atoms with E-state index in [0.717, 1.165) is 10.4 Å². The molecule has 0 aliphatic carbocycles. The average Bonchev–Trinajstić information content (AvgIpc) is 3.16. The summed E-state index contributed by atoms with van der Waals surface area (Å²) in [6.45, 7) is 1.83. The number of hydrogen-bond donors (Lipinski definition) is 1. The van der Waals surface area contributed by atoms with Gasteiger partial charge in [0.05, 0.1) is 6.54 Å². The van der Waals surface area contributed by atoms with Crippen LogP contribution < -0.4 is 4.72 Å². The van der Waals surface area contributed by atoms with Crippen LogP contribution in [0.5, 0.6) is 0 Å². The Labute approximate surface area is 138 Å². The lowest BCUT2D eigenvalue weighted by Crippen LogP contribution is -2.22. The Balaban J connectivity index is 1.63. The fraction of sp³-hybridized carbons (Fsp3) is 0.200. The molecule has 23 heavy (non-hydrogen) atoms. The van der Waals surface area contributed by atoms with Crippen molar-refractivity contribution in [1.29, 1.82) is 0 Å². The van der Waals surface area contributed by atoms with Gasteiger partial charge in [-0.25, -0.2) is 13.1 Å². The standard InChI is InChI=1S/C15H15N3O3S2/c1-11-7-8-15(22-11)23(19,20)16-10-14-17-13(18-21-14)9-12-5-3-2-4-6-12/h2-8,16H,9-10H2,1H3. The Kier molecular flexibility index (Phi) is 4.56. The number of aromatic nitrogens is 2. The van der Waals surface area contributed by atoms with E-state index in [4.69, 9.17) is 4.52 Å². The summed E-state index contributed by atoms with van der Waals surface area (Å²) in [4.78, 5) is 5.14. The van der Waals surface area contributed by atoms with Gasteiger partial charge in [0.15, 0.2) is 5.82 Å². The predicted molar refractivity (Wildman–Crippen MR) is 86.6 cm³/mol. The number of thiophene rings is 1. The number of nitrogens with zero attached hydrogens (tertiary/aromatic N) is 2. The highest BCUT2D eigenvalue weighted by Gasteiger charge is 2.17. The molecule has 6 nitrogen and oxygen atoms in total. The summed E-state index contributed by atoms with van der Waals surface area (Å²) in [5, 5.41) is 3.87. The molecule has 0 amide bonds. The van der Waals surface area contributed by atoms with Crippen molar-refractivity contribution in [3.05, 3.63) is 64.6 Å². The summed E-state index contributed by atoms with van der Waals surface area (Å²) < 4.78 is 32.1. The van der Waals surface area contributed by atoms with E-state index >= 15 is 0 Å². The van der Waals surface area contributed by atoms with E-state index < -0.39 is 10.0 Å². The minimum Gasteiger partial charge on any atom is -0.338 e. The molecule has 0 aliphatic rings. The molecule has 120 valence electrons. The second-order valence-electron chi connectivity index (χ2n) is 4.96. The first-order valence-electron chi connectivity index (χ1n) is 6.94. The van der Waals surface area contributed by atoms with Crippen LogP contribution in [0.2, 0.25) is 0 Å². The van der Waals surface area contributed by atoms with Crippen molar-refractivity contribution in [2.75, 3.05) is 0 Å². The van der Waals surface area contributed by atoms with Crippen molar-refractivity contribution in [3.8, 4) is 0 Å². The molecule has 3 aromatic rings. The largest absolute Gasteiger partial charge is 0.338 e. The number of benzene rings is 1. The molecule has 0 unspecified atom stereocenters. The van der Waals surface area contributed by atoms with Crippen LogP contribution in [0, 0.1) is 6.92 Å². The molecule has 0 radical (unpaired) electrons. The third-order valence-electron chi connectivity index (χ3n) is 3.11. The first kappa shape index (κ1) is 15.9. The van der Waals surface area contributed by atoms with Crippen LogP contribution in [-0.4, -0.2) is 18.6 Å². The van der Waals surface area contributed by atoms with Crippen molar-refractivity contribution in [2.45, 2.75) is 24.1 Å². The Bertz CT molecular complexity index is 886. The molecule has 0 atom stereocenters. The minimum atomic E-state index is -3.55. The van der Waals surface area contributed by atoms with Gasteiger partial charge in [-0.2, -0.15) is 4.98 Å². The van der Waals surface area contributed by atoms with E-state index in [2.05, 4.69) is 14.9 Å². The summed E-state index contributed by atoms with van der Waals surface area (Å²) in [6.07, 6.45) is 0.543. The molecule has 1 aromatic carbocycles. The van der Waals surface area contributed by atoms with Crippen LogP contribution >= 0.6 is 11.3 Å². The quantitative estimate of drug-likeness (QED) is 0.739. The Morgan fingerprint density at radius 2 is 1.96 bits per heavy atom. The van der Waals surface area contributed by atoms with Crippen molar-refractivity contribution in [2.24, 2.45) is 0 Å². The number of aryl methyl sites for hydroxylation is 1. The van der Waals surface area contributed by atoms with Crippen molar-refractivity contribution < 1.29 is 12.9 Å². The summed E-state index contributed by atoms with van der Waals surface area (Å²) in [6, 6.07) is 13.1. The van der Waals surface area contributed by atoms with E-state index in [-0.39, 0.29) is 16.6 Å². The Morgan fingerprint density at radius 3 is 2.65 bits per heavy atom. The van der Waals surface area contributed by atoms with Crippen LogP contribution in [0.3, 0.4) is 0 Å². The van der Waals surface area contributed by atoms with Crippen molar-refractivity contribution in [1.82, 2.24) is 14.9 Å². The molecule has 8 heteroatoms. The summed E-state index contributed by atoms with van der Waals surface area (Å²) >= 11 is 1.22. The lowest BCUT2D eigenvalue weighted by molar-refractivity contribution is 0.371. The van der Waals surface area contributed by atoms with Crippen LogP contribution in [-0.2, 0) is 23.0 Å². The molecule has 0 bridgehead atoms. The van der Waals surface area contributed by atoms with Gasteiger partial charge < -0.3 is 4.52 Å². The highest BCUT2D eigenvalue weighted by atomic mass is 32.2. The van der Waals surface area contributed by atoms with E-state index in [1.807, 2.05) is 37.3 Å². The van der Waals surface area contributed by atoms with Gasteiger partial charge in [-0.05, 0) is 24.6 Å². The second kappa shape index (κ2) is 6.61. The van der Waals surface area contributed by atoms with Crippen molar-refractivity contribution >= 4 is 21.4 Å². The number of sulfonamides is 1. The lowest BCUT2D eigenvalue weighted by Gasteiger charge is -2.00. The molecule has 0 saturated heterocycles. The lowest BCUT2D eigenvalue weighted by atomic mass is 10.1. The van der Waals surface area contributed by atoms with Gasteiger partial charge in [0.1, 0.15) is 4.21 Å². The molecule has 2 heterocycles. The van der Waals surface area contributed by atoms with Crippen LogP contribution in [0.25, 0.3) is 0 Å². The predicted octanol–water partition coefficient (Wildman–Crippen LogP) is 2.51. The maximum atomic E-state index is 12.1. The van der Waals surface area contributed by atoms with Gasteiger partial charge in [-0.3, -0.25) is 0 Å². The highest BCUT2D eigenvalue weighted by molar-refractivity contribution is 7.91. The molecular weight excluding hydrogens is 334 g/mol. The second-order valence-corrected chi connectivity index (χ2v) is 8.24. The average molecular weight is 349 g/mol. The maximum absolute atomic E-state index is 12.1. The molecule has 1 N–H and O–H groups in total. The third kappa shape index (κ3) is 4.04. The number of nitrogens with one attached hydrogen (secondary N) is 1. The first-order valence-corrected chi connectivity index (χ1v) is 9.24. The number of rotatable bonds is 6.